The summed E-state index contributed by atoms with van der Waals surface area (Å²) in [5.74, 6) is -4.20. The Morgan fingerprint density at radius 2 is 1.64 bits per heavy atom. The smallest absolute Gasteiger partial charge is 0.416 e. The molecule has 1 fully saturated rings. The first-order chi connectivity index (χ1) is 21.3. The fourth-order valence-electron chi connectivity index (χ4n) is 4.29. The van der Waals surface area contributed by atoms with Gasteiger partial charge in [-0.15, -0.1) is 11.8 Å². The van der Waals surface area contributed by atoms with Gasteiger partial charge in [-0.05, 0) is 41.5 Å². The lowest BCUT2D eigenvalue weighted by atomic mass is 9.90. The van der Waals surface area contributed by atoms with Gasteiger partial charge in [0.1, 0.15) is 24.0 Å². The van der Waals surface area contributed by atoms with Crippen LogP contribution in [-0.4, -0.2) is 68.8 Å². The lowest BCUT2D eigenvalue weighted by Crippen LogP contribution is -2.43. The molecular weight excluding hydrogens is 631 g/mol. The average Bonchev–Trinajstić information content (AvgIpc) is 3.52. The molecule has 2 aromatic carbocycles. The molecule has 45 heavy (non-hydrogen) atoms. The summed E-state index contributed by atoms with van der Waals surface area (Å²) in [6.45, 7) is 0.875. The standard InChI is InChI=1S/C30H30F7N3O4S/c1-20(28(41,16-40-19-38-18-39-40)22-8-10-23(11-9-22)30(35,36)37)45-25-14-42-26(43-15-25)5-3-2-4-21-6-12-24(13-7-21)44-17-29(33,34)27(31)32/h2-13,18-20,25-27,41H,14-17H2,1H3/b4-2+,5-3+/t20-,25?,26?,28-/m1/s1. The maximum atomic E-state index is 13.1. The summed E-state index contributed by atoms with van der Waals surface area (Å²) >= 11 is 1.38. The molecule has 1 aromatic heterocycles. The average molecular weight is 662 g/mol. The Labute approximate surface area is 258 Å². The van der Waals surface area contributed by atoms with E-state index in [1.807, 2.05) is 0 Å². The lowest BCUT2D eigenvalue weighted by Gasteiger charge is -2.37. The van der Waals surface area contributed by atoms with Crippen LogP contribution in [-0.2, 0) is 27.8 Å². The van der Waals surface area contributed by atoms with Crippen LogP contribution in [0.15, 0.2) is 79.4 Å². The van der Waals surface area contributed by atoms with Crippen LogP contribution in [0.1, 0.15) is 23.6 Å². The minimum atomic E-state index is -4.51. The van der Waals surface area contributed by atoms with Crippen LogP contribution in [0.2, 0.25) is 0 Å². The predicted octanol–water partition coefficient (Wildman–Crippen LogP) is 6.60. The predicted molar refractivity (Wildman–Crippen MR) is 153 cm³/mol. The third kappa shape index (κ3) is 9.55. The fourth-order valence-corrected chi connectivity index (χ4v) is 5.62. The first kappa shape index (κ1) is 34.5. The molecule has 0 bridgehead atoms. The van der Waals surface area contributed by atoms with E-state index >= 15 is 0 Å². The summed E-state index contributed by atoms with van der Waals surface area (Å²) in [5.41, 5.74) is -1.41. The molecule has 0 aliphatic carbocycles. The highest BCUT2D eigenvalue weighted by Gasteiger charge is 2.42. The van der Waals surface area contributed by atoms with Gasteiger partial charge in [-0.1, -0.05) is 49.4 Å². The van der Waals surface area contributed by atoms with Crippen LogP contribution in [0.5, 0.6) is 5.75 Å². The van der Waals surface area contributed by atoms with Gasteiger partial charge < -0.3 is 19.3 Å². The molecule has 0 amide bonds. The summed E-state index contributed by atoms with van der Waals surface area (Å²) in [4.78, 5) is 3.89. The van der Waals surface area contributed by atoms with E-state index in [-0.39, 0.29) is 30.8 Å². The van der Waals surface area contributed by atoms with Crippen molar-refractivity contribution in [3.8, 4) is 5.75 Å². The Balaban J connectivity index is 1.29. The van der Waals surface area contributed by atoms with Gasteiger partial charge >= 0.3 is 18.5 Å². The maximum absolute atomic E-state index is 13.1. The van der Waals surface area contributed by atoms with Crippen molar-refractivity contribution in [2.75, 3.05) is 19.8 Å². The van der Waals surface area contributed by atoms with Crippen LogP contribution in [0.25, 0.3) is 6.08 Å². The van der Waals surface area contributed by atoms with Crippen LogP contribution in [0, 0.1) is 0 Å². The monoisotopic (exact) mass is 661 g/mol. The van der Waals surface area contributed by atoms with Gasteiger partial charge in [0.2, 0.25) is 0 Å². The molecule has 0 radical (unpaired) electrons. The molecule has 0 spiro atoms. The largest absolute Gasteiger partial charge is 0.487 e. The number of thioether (sulfide) groups is 1. The van der Waals surface area contributed by atoms with Crippen LogP contribution in [0.4, 0.5) is 30.7 Å². The van der Waals surface area contributed by atoms with Crippen molar-refractivity contribution in [3.63, 3.8) is 0 Å². The summed E-state index contributed by atoms with van der Waals surface area (Å²) in [7, 11) is 0. The number of hydrogen-bond acceptors (Lipinski definition) is 7. The molecule has 2 heterocycles. The number of halogens is 7. The molecular formula is C30H30F7N3O4S. The molecule has 3 aromatic rings. The molecule has 0 unspecified atom stereocenters. The molecule has 0 saturated carbocycles. The van der Waals surface area contributed by atoms with Crippen molar-refractivity contribution in [3.05, 3.63) is 96.1 Å². The molecule has 4 rings (SSSR count). The molecule has 244 valence electrons. The number of ether oxygens (including phenoxy) is 3. The van der Waals surface area contributed by atoms with Crippen molar-refractivity contribution >= 4 is 17.8 Å². The Hall–Kier alpha value is -3.40. The SMILES string of the molecule is C[C@@H](SC1COC(/C=C/C=C/c2ccc(OCC(F)(F)C(F)F)cc2)OC1)[C@](O)(Cn1cncn1)c1ccc(C(F)(F)F)cc1. The first-order valence-corrected chi connectivity index (χ1v) is 14.6. The van der Waals surface area contributed by atoms with Crippen LogP contribution < -0.4 is 4.74 Å². The van der Waals surface area contributed by atoms with Gasteiger partial charge in [0.15, 0.2) is 12.9 Å². The summed E-state index contributed by atoms with van der Waals surface area (Å²) < 4.78 is 108. The normalized spacial score (nSPS) is 20.1. The van der Waals surface area contributed by atoms with Crippen LogP contribution in [0.3, 0.4) is 0 Å². The Morgan fingerprint density at radius 1 is 1.00 bits per heavy atom. The van der Waals surface area contributed by atoms with E-state index in [1.54, 1.807) is 43.4 Å². The minimum Gasteiger partial charge on any atom is -0.487 e. The van der Waals surface area contributed by atoms with Crippen LogP contribution >= 0.6 is 11.8 Å². The van der Waals surface area contributed by atoms with E-state index in [4.69, 9.17) is 14.2 Å². The number of aromatic nitrogens is 3. The Morgan fingerprint density at radius 3 is 2.22 bits per heavy atom. The minimum absolute atomic E-state index is 0.0324. The third-order valence-electron chi connectivity index (χ3n) is 6.84. The summed E-state index contributed by atoms with van der Waals surface area (Å²) in [6.07, 6.45) is 0.538. The first-order valence-electron chi connectivity index (χ1n) is 13.6. The van der Waals surface area contributed by atoms with Gasteiger partial charge in [-0.3, -0.25) is 0 Å². The van der Waals surface area contributed by atoms with Gasteiger partial charge in [0, 0.05) is 5.25 Å². The molecule has 1 saturated heterocycles. The number of benzene rings is 2. The second-order valence-corrected chi connectivity index (χ2v) is 11.8. The second kappa shape index (κ2) is 14.8. The van der Waals surface area contributed by atoms with Gasteiger partial charge in [0.05, 0.1) is 30.6 Å². The quantitative estimate of drug-likeness (QED) is 0.164. The van der Waals surface area contributed by atoms with E-state index in [1.165, 1.54) is 53.4 Å². The number of nitrogens with zero attached hydrogens (tertiary/aromatic N) is 3. The van der Waals surface area contributed by atoms with Gasteiger partial charge in [-0.2, -0.15) is 27.1 Å². The van der Waals surface area contributed by atoms with Crippen molar-refractivity contribution < 1.29 is 50.1 Å². The molecule has 7 nitrogen and oxygen atoms in total. The second-order valence-electron chi connectivity index (χ2n) is 10.2. The Kier molecular flexibility index (Phi) is 11.3. The topological polar surface area (TPSA) is 78.6 Å². The zero-order valence-corrected chi connectivity index (χ0v) is 24.6. The van der Waals surface area contributed by atoms with E-state index in [2.05, 4.69) is 10.1 Å². The van der Waals surface area contributed by atoms with E-state index in [0.29, 0.717) is 11.1 Å². The highest BCUT2D eigenvalue weighted by atomic mass is 32.2. The van der Waals surface area contributed by atoms with Crippen molar-refractivity contribution in [1.82, 2.24) is 14.8 Å². The number of hydrogen-bond donors (Lipinski definition) is 1. The van der Waals surface area contributed by atoms with E-state index in [9.17, 15) is 35.8 Å². The highest BCUT2D eigenvalue weighted by molar-refractivity contribution is 8.00. The number of alkyl halides is 7. The van der Waals surface area contributed by atoms with Crippen molar-refractivity contribution in [2.24, 2.45) is 0 Å². The van der Waals surface area contributed by atoms with Gasteiger partial charge in [-0.25, -0.2) is 18.4 Å². The number of aliphatic hydroxyl groups is 1. The van der Waals surface area contributed by atoms with Crippen molar-refractivity contribution in [2.45, 2.75) is 54.4 Å². The highest BCUT2D eigenvalue weighted by Crippen LogP contribution is 2.39. The third-order valence-corrected chi connectivity index (χ3v) is 8.30. The summed E-state index contributed by atoms with van der Waals surface area (Å²) in [5, 5.41) is 15.1. The van der Waals surface area contributed by atoms with Gasteiger partial charge in [0.25, 0.3) is 0 Å². The molecule has 1 aliphatic rings. The fraction of sp³-hybridized carbons (Fsp3) is 0.400. The zero-order valence-electron chi connectivity index (χ0n) is 23.8. The van der Waals surface area contributed by atoms with E-state index in [0.717, 1.165) is 12.1 Å². The van der Waals surface area contributed by atoms with E-state index < -0.39 is 47.8 Å². The number of rotatable bonds is 13. The lowest BCUT2D eigenvalue weighted by molar-refractivity contribution is -0.148. The molecule has 2 atom stereocenters. The molecule has 15 heteroatoms. The van der Waals surface area contributed by atoms with Crippen molar-refractivity contribution in [1.29, 1.82) is 0 Å². The molecule has 1 N–H and O–H groups in total. The maximum Gasteiger partial charge on any atom is 0.416 e. The summed E-state index contributed by atoms with van der Waals surface area (Å²) in [6, 6.07) is 10.3. The number of allylic oxidation sites excluding steroid dienone is 2. The zero-order chi connectivity index (χ0) is 32.7. The molecule has 1 aliphatic heterocycles. The Bertz CT molecular complexity index is 1400.